The highest BCUT2D eigenvalue weighted by atomic mass is 16.2. The van der Waals surface area contributed by atoms with E-state index in [9.17, 15) is 9.59 Å². The van der Waals surface area contributed by atoms with Gasteiger partial charge in [-0.2, -0.15) is 0 Å². The van der Waals surface area contributed by atoms with Gasteiger partial charge in [-0.3, -0.25) is 4.79 Å². The molecule has 0 heterocycles. The SMILES string of the molecule is CNCC(=O)N(C)C(C=O)CC(C)C. The molecule has 14 heavy (non-hydrogen) atoms. The highest BCUT2D eigenvalue weighted by Gasteiger charge is 2.19. The van der Waals surface area contributed by atoms with Gasteiger partial charge in [0, 0.05) is 7.05 Å². The Balaban J connectivity index is 4.22. The second-order valence-corrected chi connectivity index (χ2v) is 3.87. The molecule has 1 unspecified atom stereocenters. The Morgan fingerprint density at radius 3 is 2.43 bits per heavy atom. The first-order valence-electron chi connectivity index (χ1n) is 4.88. The van der Waals surface area contributed by atoms with Crippen LogP contribution in [0.4, 0.5) is 0 Å². The quantitative estimate of drug-likeness (QED) is 0.626. The van der Waals surface area contributed by atoms with E-state index in [2.05, 4.69) is 5.32 Å². The predicted molar refractivity (Wildman–Crippen MR) is 56.0 cm³/mol. The fourth-order valence-corrected chi connectivity index (χ4v) is 1.25. The van der Waals surface area contributed by atoms with Crippen LogP contribution in [0.25, 0.3) is 0 Å². The third-order valence-corrected chi connectivity index (χ3v) is 2.09. The number of hydrogen-bond acceptors (Lipinski definition) is 3. The number of nitrogens with one attached hydrogen (secondary N) is 1. The number of carbonyl (C=O) groups is 2. The van der Waals surface area contributed by atoms with Crippen LogP contribution in [0.2, 0.25) is 0 Å². The Labute approximate surface area is 85.7 Å². The fraction of sp³-hybridized carbons (Fsp3) is 0.800. The zero-order valence-electron chi connectivity index (χ0n) is 9.41. The van der Waals surface area contributed by atoms with Crippen molar-refractivity contribution in [1.29, 1.82) is 0 Å². The molecule has 82 valence electrons. The van der Waals surface area contributed by atoms with Crippen LogP contribution >= 0.6 is 0 Å². The van der Waals surface area contributed by atoms with Crippen LogP contribution < -0.4 is 5.32 Å². The molecule has 0 rings (SSSR count). The van der Waals surface area contributed by atoms with Gasteiger partial charge in [0.05, 0.1) is 12.6 Å². The van der Waals surface area contributed by atoms with E-state index in [4.69, 9.17) is 0 Å². The molecular weight excluding hydrogens is 180 g/mol. The van der Waals surface area contributed by atoms with Gasteiger partial charge >= 0.3 is 0 Å². The number of aldehydes is 1. The van der Waals surface area contributed by atoms with Gasteiger partial charge in [0.2, 0.25) is 5.91 Å². The van der Waals surface area contributed by atoms with Gasteiger partial charge in [-0.25, -0.2) is 0 Å². The van der Waals surface area contributed by atoms with Gasteiger partial charge < -0.3 is 15.0 Å². The van der Waals surface area contributed by atoms with Gasteiger partial charge in [0.15, 0.2) is 0 Å². The second-order valence-electron chi connectivity index (χ2n) is 3.87. The maximum Gasteiger partial charge on any atom is 0.236 e. The first-order chi connectivity index (χ1) is 6.52. The second kappa shape index (κ2) is 6.54. The van der Waals surface area contributed by atoms with Crippen LogP contribution in [0.15, 0.2) is 0 Å². The van der Waals surface area contributed by atoms with E-state index in [1.54, 1.807) is 14.1 Å². The zero-order chi connectivity index (χ0) is 11.1. The summed E-state index contributed by atoms with van der Waals surface area (Å²) < 4.78 is 0. The lowest BCUT2D eigenvalue weighted by Gasteiger charge is -2.25. The molecule has 0 spiro atoms. The number of carbonyl (C=O) groups excluding carboxylic acids is 2. The highest BCUT2D eigenvalue weighted by Crippen LogP contribution is 2.08. The lowest BCUT2D eigenvalue weighted by atomic mass is 10.0. The Morgan fingerprint density at radius 1 is 1.50 bits per heavy atom. The van der Waals surface area contributed by atoms with Crippen LogP contribution in [0.5, 0.6) is 0 Å². The average Bonchev–Trinajstić information content (AvgIpc) is 2.13. The molecular formula is C10H20N2O2. The average molecular weight is 200 g/mol. The van der Waals surface area contributed by atoms with Crippen LogP contribution in [0.1, 0.15) is 20.3 Å². The third-order valence-electron chi connectivity index (χ3n) is 2.09. The number of hydrogen-bond donors (Lipinski definition) is 1. The Bertz CT molecular complexity index is 193. The van der Waals surface area contributed by atoms with Crippen molar-refractivity contribution in [3.8, 4) is 0 Å². The maximum absolute atomic E-state index is 11.4. The first-order valence-corrected chi connectivity index (χ1v) is 4.88. The van der Waals surface area contributed by atoms with Crippen molar-refractivity contribution in [2.24, 2.45) is 5.92 Å². The third kappa shape index (κ3) is 4.37. The summed E-state index contributed by atoms with van der Waals surface area (Å²) in [4.78, 5) is 23.7. The van der Waals surface area contributed by atoms with Gasteiger partial charge in [0.1, 0.15) is 6.29 Å². The fourth-order valence-electron chi connectivity index (χ4n) is 1.25. The normalized spacial score (nSPS) is 12.6. The topological polar surface area (TPSA) is 49.4 Å². The van der Waals surface area contributed by atoms with E-state index < -0.39 is 0 Å². The van der Waals surface area contributed by atoms with Crippen molar-refractivity contribution < 1.29 is 9.59 Å². The maximum atomic E-state index is 11.4. The summed E-state index contributed by atoms with van der Waals surface area (Å²) in [7, 11) is 3.38. The molecule has 0 bridgehead atoms. The molecule has 0 aromatic rings. The summed E-state index contributed by atoms with van der Waals surface area (Å²) in [5, 5.41) is 2.77. The molecule has 0 saturated carbocycles. The van der Waals surface area contributed by atoms with Crippen LogP contribution in [0, 0.1) is 5.92 Å². The largest absolute Gasteiger partial charge is 0.335 e. The lowest BCUT2D eigenvalue weighted by Crippen LogP contribution is -2.42. The molecule has 1 amide bonds. The molecule has 0 aromatic carbocycles. The molecule has 0 aliphatic heterocycles. The summed E-state index contributed by atoms with van der Waals surface area (Å²) in [6.45, 7) is 4.35. The Morgan fingerprint density at radius 2 is 2.07 bits per heavy atom. The summed E-state index contributed by atoms with van der Waals surface area (Å²) in [6.07, 6.45) is 1.56. The van der Waals surface area contributed by atoms with Crippen molar-refractivity contribution in [2.45, 2.75) is 26.3 Å². The van der Waals surface area contributed by atoms with Crippen LogP contribution in [0.3, 0.4) is 0 Å². The number of rotatable bonds is 6. The molecule has 0 aliphatic carbocycles. The lowest BCUT2D eigenvalue weighted by molar-refractivity contribution is -0.134. The van der Waals surface area contributed by atoms with Gasteiger partial charge in [-0.15, -0.1) is 0 Å². The minimum absolute atomic E-state index is 0.0507. The van der Waals surface area contributed by atoms with E-state index >= 15 is 0 Å². The van der Waals surface area contributed by atoms with Crippen molar-refractivity contribution >= 4 is 12.2 Å². The van der Waals surface area contributed by atoms with E-state index in [0.717, 1.165) is 12.7 Å². The predicted octanol–water partition coefficient (Wildman–Crippen LogP) is 0.278. The minimum atomic E-state index is -0.296. The molecule has 0 fully saturated rings. The van der Waals surface area contributed by atoms with Gasteiger partial charge in [0.25, 0.3) is 0 Å². The molecule has 1 N–H and O–H groups in total. The number of nitrogens with zero attached hydrogens (tertiary/aromatic N) is 1. The van der Waals surface area contributed by atoms with E-state index in [-0.39, 0.29) is 18.5 Å². The van der Waals surface area contributed by atoms with Crippen molar-refractivity contribution in [1.82, 2.24) is 10.2 Å². The molecule has 4 nitrogen and oxygen atoms in total. The Hall–Kier alpha value is -0.900. The van der Waals surface area contributed by atoms with Crippen LogP contribution in [-0.4, -0.2) is 43.8 Å². The summed E-state index contributed by atoms with van der Waals surface area (Å²) >= 11 is 0. The first kappa shape index (κ1) is 13.1. The standard InChI is InChI=1S/C10H20N2O2/c1-8(2)5-9(7-13)12(4)10(14)6-11-3/h7-9,11H,5-6H2,1-4H3. The van der Waals surface area contributed by atoms with E-state index in [0.29, 0.717) is 5.92 Å². The molecule has 1 atom stereocenters. The van der Waals surface area contributed by atoms with Gasteiger partial charge in [-0.05, 0) is 19.4 Å². The molecule has 0 aliphatic rings. The molecule has 0 saturated heterocycles. The zero-order valence-corrected chi connectivity index (χ0v) is 9.41. The van der Waals surface area contributed by atoms with Crippen molar-refractivity contribution in [2.75, 3.05) is 20.6 Å². The summed E-state index contributed by atoms with van der Waals surface area (Å²) in [5.74, 6) is 0.361. The molecule has 4 heteroatoms. The van der Waals surface area contributed by atoms with Gasteiger partial charge in [-0.1, -0.05) is 13.8 Å². The van der Waals surface area contributed by atoms with E-state index in [1.165, 1.54) is 4.90 Å². The number of amides is 1. The molecule has 0 aromatic heterocycles. The van der Waals surface area contributed by atoms with Crippen LogP contribution in [-0.2, 0) is 9.59 Å². The smallest absolute Gasteiger partial charge is 0.236 e. The molecule has 0 radical (unpaired) electrons. The number of likely N-dealkylation sites (N-methyl/N-ethyl adjacent to an activating group) is 2. The van der Waals surface area contributed by atoms with Crippen molar-refractivity contribution in [3.63, 3.8) is 0 Å². The van der Waals surface area contributed by atoms with Crippen molar-refractivity contribution in [3.05, 3.63) is 0 Å². The summed E-state index contributed by atoms with van der Waals surface area (Å²) in [6, 6.07) is -0.296. The van der Waals surface area contributed by atoms with E-state index in [1.807, 2.05) is 13.8 Å². The minimum Gasteiger partial charge on any atom is -0.335 e. The highest BCUT2D eigenvalue weighted by molar-refractivity contribution is 5.81. The monoisotopic (exact) mass is 200 g/mol. The Kier molecular flexibility index (Phi) is 6.12. The summed E-state index contributed by atoms with van der Waals surface area (Å²) in [5.41, 5.74) is 0.